The van der Waals surface area contributed by atoms with E-state index in [0.717, 1.165) is 22.6 Å². The number of aromatic carboxylic acids is 1. The summed E-state index contributed by atoms with van der Waals surface area (Å²) in [7, 11) is 1.98. The van der Waals surface area contributed by atoms with Crippen molar-refractivity contribution >= 4 is 17.4 Å². The number of pyridine rings is 1. The quantitative estimate of drug-likeness (QED) is 0.753. The lowest BCUT2D eigenvalue weighted by Gasteiger charge is -2.16. The molecule has 130 valence electrons. The first kappa shape index (κ1) is 15.9. The molecule has 3 aromatic rings. The molecule has 1 aromatic carbocycles. The van der Waals surface area contributed by atoms with E-state index in [-0.39, 0.29) is 5.56 Å². The zero-order chi connectivity index (χ0) is 18.1. The zero-order valence-corrected chi connectivity index (χ0v) is 14.1. The molecule has 3 heterocycles. The summed E-state index contributed by atoms with van der Waals surface area (Å²) in [6.07, 6.45) is 5.15. The maximum absolute atomic E-state index is 11.3. The predicted molar refractivity (Wildman–Crippen MR) is 97.3 cm³/mol. The van der Waals surface area contributed by atoms with Gasteiger partial charge in [-0.2, -0.15) is 5.10 Å². The standard InChI is InChI=1S/C19H17N5O2/c1-23-12-21-17(16-11-14(19(25)26)7-9-20-16)18(23)13-3-5-15(6-4-13)24-10-2-8-22-24/h2-11,21H,12H2,1H3,(H,25,26). The Morgan fingerprint density at radius 2 is 2.00 bits per heavy atom. The Bertz CT molecular complexity index is 977. The van der Waals surface area contributed by atoms with E-state index in [9.17, 15) is 9.90 Å². The number of nitrogens with zero attached hydrogens (tertiary/aromatic N) is 4. The van der Waals surface area contributed by atoms with Gasteiger partial charge in [0, 0.05) is 31.2 Å². The van der Waals surface area contributed by atoms with Gasteiger partial charge in [0.15, 0.2) is 0 Å². The van der Waals surface area contributed by atoms with Gasteiger partial charge < -0.3 is 15.3 Å². The van der Waals surface area contributed by atoms with E-state index in [0.29, 0.717) is 12.4 Å². The van der Waals surface area contributed by atoms with Gasteiger partial charge >= 0.3 is 5.97 Å². The van der Waals surface area contributed by atoms with Gasteiger partial charge in [0.2, 0.25) is 0 Å². The minimum atomic E-state index is -0.967. The van der Waals surface area contributed by atoms with Crippen molar-refractivity contribution < 1.29 is 9.90 Å². The molecule has 0 radical (unpaired) electrons. The molecule has 0 saturated carbocycles. The van der Waals surface area contributed by atoms with Gasteiger partial charge in [-0.25, -0.2) is 9.48 Å². The van der Waals surface area contributed by atoms with Crippen LogP contribution >= 0.6 is 0 Å². The lowest BCUT2D eigenvalue weighted by Crippen LogP contribution is -2.18. The maximum Gasteiger partial charge on any atom is 0.335 e. The SMILES string of the molecule is CN1CNC(c2cc(C(=O)O)ccn2)=C1c1ccc(-n2cccn2)cc1. The summed E-state index contributed by atoms with van der Waals surface area (Å²) in [5.41, 5.74) is 4.62. The average molecular weight is 347 g/mol. The van der Waals surface area contributed by atoms with E-state index >= 15 is 0 Å². The summed E-state index contributed by atoms with van der Waals surface area (Å²) in [5.74, 6) is -0.967. The van der Waals surface area contributed by atoms with E-state index in [2.05, 4.69) is 20.3 Å². The third-order valence-electron chi connectivity index (χ3n) is 4.28. The van der Waals surface area contributed by atoms with Crippen LogP contribution in [0.4, 0.5) is 0 Å². The molecule has 0 bridgehead atoms. The number of aromatic nitrogens is 3. The second-order valence-corrected chi connectivity index (χ2v) is 5.99. The summed E-state index contributed by atoms with van der Waals surface area (Å²) in [5, 5.41) is 16.8. The van der Waals surface area contributed by atoms with E-state index in [1.165, 1.54) is 12.3 Å². The molecule has 0 atom stereocenters. The van der Waals surface area contributed by atoms with Gasteiger partial charge in [-0.3, -0.25) is 4.98 Å². The van der Waals surface area contributed by atoms with Crippen LogP contribution in [0.3, 0.4) is 0 Å². The molecular formula is C19H17N5O2. The van der Waals surface area contributed by atoms with Crippen LogP contribution in [0, 0.1) is 0 Å². The predicted octanol–water partition coefficient (Wildman–Crippen LogP) is 2.28. The van der Waals surface area contributed by atoms with Crippen LogP contribution < -0.4 is 5.32 Å². The second kappa shape index (κ2) is 6.36. The van der Waals surface area contributed by atoms with E-state index in [4.69, 9.17) is 0 Å². The molecule has 0 spiro atoms. The average Bonchev–Trinajstić information content (AvgIpc) is 3.32. The van der Waals surface area contributed by atoms with E-state index < -0.39 is 5.97 Å². The summed E-state index contributed by atoms with van der Waals surface area (Å²) in [6.45, 7) is 0.630. The first-order valence-electron chi connectivity index (χ1n) is 8.13. The number of carbonyl (C=O) groups is 1. The molecule has 2 aromatic heterocycles. The Morgan fingerprint density at radius 1 is 1.19 bits per heavy atom. The van der Waals surface area contributed by atoms with Crippen LogP contribution in [0.25, 0.3) is 17.1 Å². The number of carboxylic acids is 1. The number of nitrogens with one attached hydrogen (secondary N) is 1. The first-order valence-corrected chi connectivity index (χ1v) is 8.13. The van der Waals surface area contributed by atoms with Crippen molar-refractivity contribution in [3.05, 3.63) is 77.9 Å². The molecule has 0 unspecified atom stereocenters. The molecule has 0 aliphatic carbocycles. The second-order valence-electron chi connectivity index (χ2n) is 5.99. The van der Waals surface area contributed by atoms with Gasteiger partial charge in [0.25, 0.3) is 0 Å². The zero-order valence-electron chi connectivity index (χ0n) is 14.1. The monoisotopic (exact) mass is 347 g/mol. The smallest absolute Gasteiger partial charge is 0.335 e. The summed E-state index contributed by atoms with van der Waals surface area (Å²) in [4.78, 5) is 17.7. The Hall–Kier alpha value is -3.61. The largest absolute Gasteiger partial charge is 0.478 e. The number of carboxylic acid groups (broad SMARTS) is 1. The molecule has 0 amide bonds. The molecule has 7 heteroatoms. The van der Waals surface area contributed by atoms with Gasteiger partial charge in [0.05, 0.1) is 35.0 Å². The highest BCUT2D eigenvalue weighted by molar-refractivity contribution is 5.93. The summed E-state index contributed by atoms with van der Waals surface area (Å²) in [6, 6.07) is 13.0. The Labute approximate surface area is 150 Å². The third-order valence-corrected chi connectivity index (χ3v) is 4.28. The van der Waals surface area contributed by atoms with Gasteiger partial charge in [-0.05, 0) is 30.3 Å². The fraction of sp³-hybridized carbons (Fsp3) is 0.105. The maximum atomic E-state index is 11.3. The normalized spacial score (nSPS) is 13.8. The van der Waals surface area contributed by atoms with Crippen molar-refractivity contribution in [3.8, 4) is 5.69 Å². The molecule has 0 saturated heterocycles. The van der Waals surface area contributed by atoms with Crippen LogP contribution in [-0.4, -0.2) is 44.5 Å². The van der Waals surface area contributed by atoms with E-state index in [1.807, 2.05) is 43.6 Å². The van der Waals surface area contributed by atoms with Crippen molar-refractivity contribution in [3.63, 3.8) is 0 Å². The molecule has 1 aliphatic heterocycles. The number of rotatable bonds is 4. The molecule has 0 fully saturated rings. The minimum absolute atomic E-state index is 0.215. The van der Waals surface area contributed by atoms with Crippen molar-refractivity contribution in [2.45, 2.75) is 0 Å². The molecule has 7 nitrogen and oxygen atoms in total. The first-order chi connectivity index (χ1) is 12.6. The highest BCUT2D eigenvalue weighted by atomic mass is 16.4. The highest BCUT2D eigenvalue weighted by Crippen LogP contribution is 2.30. The fourth-order valence-corrected chi connectivity index (χ4v) is 3.02. The molecule has 4 rings (SSSR count). The Kier molecular flexibility index (Phi) is 3.89. The summed E-state index contributed by atoms with van der Waals surface area (Å²) >= 11 is 0. The van der Waals surface area contributed by atoms with Crippen molar-refractivity contribution in [2.24, 2.45) is 0 Å². The van der Waals surface area contributed by atoms with Crippen molar-refractivity contribution in [1.82, 2.24) is 25.0 Å². The Morgan fingerprint density at radius 3 is 2.69 bits per heavy atom. The Balaban J connectivity index is 1.76. The topological polar surface area (TPSA) is 83.3 Å². The van der Waals surface area contributed by atoms with Gasteiger partial charge in [-0.15, -0.1) is 0 Å². The van der Waals surface area contributed by atoms with Crippen LogP contribution in [0.5, 0.6) is 0 Å². The molecule has 26 heavy (non-hydrogen) atoms. The number of hydrogen-bond donors (Lipinski definition) is 2. The van der Waals surface area contributed by atoms with Gasteiger partial charge in [0.1, 0.15) is 0 Å². The lowest BCUT2D eigenvalue weighted by atomic mass is 10.1. The molecule has 1 aliphatic rings. The number of hydrogen-bond acceptors (Lipinski definition) is 5. The third kappa shape index (κ3) is 2.79. The summed E-state index contributed by atoms with van der Waals surface area (Å²) < 4.78 is 1.80. The lowest BCUT2D eigenvalue weighted by molar-refractivity contribution is 0.0696. The van der Waals surface area contributed by atoms with Crippen molar-refractivity contribution in [1.29, 1.82) is 0 Å². The molecular weight excluding hydrogens is 330 g/mol. The van der Waals surface area contributed by atoms with Crippen LogP contribution in [0.2, 0.25) is 0 Å². The van der Waals surface area contributed by atoms with E-state index in [1.54, 1.807) is 16.9 Å². The van der Waals surface area contributed by atoms with Crippen molar-refractivity contribution in [2.75, 3.05) is 13.7 Å². The highest BCUT2D eigenvalue weighted by Gasteiger charge is 2.23. The van der Waals surface area contributed by atoms with Gasteiger partial charge in [-0.1, -0.05) is 12.1 Å². The fourth-order valence-electron chi connectivity index (χ4n) is 3.02. The van der Waals surface area contributed by atoms with Crippen LogP contribution in [-0.2, 0) is 0 Å². The number of benzene rings is 1. The van der Waals surface area contributed by atoms with Crippen LogP contribution in [0.15, 0.2) is 61.1 Å². The molecule has 2 N–H and O–H groups in total. The minimum Gasteiger partial charge on any atom is -0.478 e. The van der Waals surface area contributed by atoms with Crippen LogP contribution in [0.1, 0.15) is 21.6 Å².